The van der Waals surface area contributed by atoms with Gasteiger partial charge in [0, 0.05) is 6.07 Å². The van der Waals surface area contributed by atoms with E-state index in [0.29, 0.717) is 12.1 Å². The number of halogens is 2. The van der Waals surface area contributed by atoms with Gasteiger partial charge >= 0.3 is 0 Å². The minimum Gasteiger partial charge on any atom is -0.330 e. The van der Waals surface area contributed by atoms with Gasteiger partial charge in [-0.15, -0.1) is 0 Å². The molecule has 12 heavy (non-hydrogen) atoms. The van der Waals surface area contributed by atoms with E-state index in [1.54, 1.807) is 6.92 Å². The number of nitrogens with two attached hydrogens (primary N) is 1. The lowest BCUT2D eigenvalue weighted by Crippen LogP contribution is -2.10. The molecule has 1 nitrogen and oxygen atoms in total. The number of hydrogen-bond acceptors (Lipinski definition) is 1. The monoisotopic (exact) mass is 171 g/mol. The summed E-state index contributed by atoms with van der Waals surface area (Å²) >= 11 is 0. The van der Waals surface area contributed by atoms with E-state index in [4.69, 9.17) is 5.73 Å². The Bertz CT molecular complexity index is 273. The maximum Gasteiger partial charge on any atom is 0.129 e. The SMILES string of the molecule is CC(CN)c1ccc(F)cc1F. The van der Waals surface area contributed by atoms with Gasteiger partial charge in [0.15, 0.2) is 0 Å². The molecule has 66 valence electrons. The summed E-state index contributed by atoms with van der Waals surface area (Å²) in [6, 6.07) is 3.55. The number of hydrogen-bond donors (Lipinski definition) is 1. The van der Waals surface area contributed by atoms with Gasteiger partial charge in [0.25, 0.3) is 0 Å². The molecule has 1 unspecified atom stereocenters. The minimum atomic E-state index is -0.555. The second kappa shape index (κ2) is 3.63. The average molecular weight is 171 g/mol. The predicted octanol–water partition coefficient (Wildman–Crippen LogP) is 2.03. The van der Waals surface area contributed by atoms with Crippen molar-refractivity contribution in [3.05, 3.63) is 35.4 Å². The predicted molar refractivity (Wildman–Crippen MR) is 43.8 cm³/mol. The molecule has 0 aliphatic carbocycles. The number of benzene rings is 1. The molecule has 2 N–H and O–H groups in total. The Labute approximate surface area is 70.2 Å². The zero-order valence-electron chi connectivity index (χ0n) is 6.85. The Kier molecular flexibility index (Phi) is 2.76. The first-order valence-corrected chi connectivity index (χ1v) is 3.80. The van der Waals surface area contributed by atoms with Crippen molar-refractivity contribution in [3.63, 3.8) is 0 Å². The molecular formula is C9H11F2N. The van der Waals surface area contributed by atoms with E-state index in [2.05, 4.69) is 0 Å². The van der Waals surface area contributed by atoms with Crippen molar-refractivity contribution < 1.29 is 8.78 Å². The van der Waals surface area contributed by atoms with E-state index in [1.807, 2.05) is 0 Å². The summed E-state index contributed by atoms with van der Waals surface area (Å²) in [6.07, 6.45) is 0. The molecule has 1 aromatic rings. The standard InChI is InChI=1S/C9H11F2N/c1-6(5-12)8-3-2-7(10)4-9(8)11/h2-4,6H,5,12H2,1H3. The molecule has 0 radical (unpaired) electrons. The van der Waals surface area contributed by atoms with E-state index in [-0.39, 0.29) is 5.92 Å². The highest BCUT2D eigenvalue weighted by Crippen LogP contribution is 2.18. The normalized spacial score (nSPS) is 13.0. The van der Waals surface area contributed by atoms with Gasteiger partial charge in [-0.25, -0.2) is 8.78 Å². The van der Waals surface area contributed by atoms with Crippen LogP contribution in [0, 0.1) is 11.6 Å². The van der Waals surface area contributed by atoms with Gasteiger partial charge < -0.3 is 5.73 Å². The van der Waals surface area contributed by atoms with Crippen LogP contribution in [-0.4, -0.2) is 6.54 Å². The van der Waals surface area contributed by atoms with Gasteiger partial charge in [-0.1, -0.05) is 13.0 Å². The molecule has 0 aliphatic rings. The van der Waals surface area contributed by atoms with Crippen molar-refractivity contribution in [3.8, 4) is 0 Å². The third kappa shape index (κ3) is 1.80. The van der Waals surface area contributed by atoms with Crippen LogP contribution in [0.4, 0.5) is 8.78 Å². The molecule has 0 heterocycles. The highest BCUT2D eigenvalue weighted by atomic mass is 19.1. The maximum absolute atomic E-state index is 13.0. The molecule has 1 aromatic carbocycles. The van der Waals surface area contributed by atoms with Crippen LogP contribution in [0.2, 0.25) is 0 Å². The first-order valence-electron chi connectivity index (χ1n) is 3.80. The lowest BCUT2D eigenvalue weighted by atomic mass is 10.0. The zero-order chi connectivity index (χ0) is 9.14. The third-order valence-corrected chi connectivity index (χ3v) is 1.85. The summed E-state index contributed by atoms with van der Waals surface area (Å²) in [5.41, 5.74) is 5.82. The highest BCUT2D eigenvalue weighted by molar-refractivity contribution is 5.22. The molecule has 0 spiro atoms. The van der Waals surface area contributed by atoms with Gasteiger partial charge in [0.2, 0.25) is 0 Å². The summed E-state index contributed by atoms with van der Waals surface area (Å²) < 4.78 is 25.4. The third-order valence-electron chi connectivity index (χ3n) is 1.85. The van der Waals surface area contributed by atoms with E-state index < -0.39 is 11.6 Å². The van der Waals surface area contributed by atoms with Gasteiger partial charge in [-0.05, 0) is 24.1 Å². The van der Waals surface area contributed by atoms with E-state index in [9.17, 15) is 8.78 Å². The van der Waals surface area contributed by atoms with Crippen molar-refractivity contribution in [2.45, 2.75) is 12.8 Å². The average Bonchev–Trinajstić information content (AvgIpc) is 2.03. The second-order valence-electron chi connectivity index (χ2n) is 2.80. The Hall–Kier alpha value is -0.960. The fourth-order valence-corrected chi connectivity index (χ4v) is 1.03. The van der Waals surface area contributed by atoms with Gasteiger partial charge in [0.05, 0.1) is 0 Å². The van der Waals surface area contributed by atoms with Crippen LogP contribution in [0.25, 0.3) is 0 Å². The van der Waals surface area contributed by atoms with Crippen molar-refractivity contribution in [2.75, 3.05) is 6.54 Å². The molecule has 0 saturated heterocycles. The van der Waals surface area contributed by atoms with Crippen LogP contribution < -0.4 is 5.73 Å². The Balaban J connectivity index is 3.01. The van der Waals surface area contributed by atoms with Crippen molar-refractivity contribution in [1.29, 1.82) is 0 Å². The molecule has 0 amide bonds. The second-order valence-corrected chi connectivity index (χ2v) is 2.80. The van der Waals surface area contributed by atoms with E-state index in [0.717, 1.165) is 6.07 Å². The molecular weight excluding hydrogens is 160 g/mol. The van der Waals surface area contributed by atoms with Crippen LogP contribution in [0.15, 0.2) is 18.2 Å². The highest BCUT2D eigenvalue weighted by Gasteiger charge is 2.09. The molecule has 0 bridgehead atoms. The quantitative estimate of drug-likeness (QED) is 0.723. The van der Waals surface area contributed by atoms with Crippen molar-refractivity contribution in [1.82, 2.24) is 0 Å². The molecule has 0 aliphatic heterocycles. The Morgan fingerprint density at radius 3 is 2.58 bits per heavy atom. The molecule has 1 rings (SSSR count). The van der Waals surface area contributed by atoms with Crippen LogP contribution in [0.5, 0.6) is 0 Å². The van der Waals surface area contributed by atoms with Crippen molar-refractivity contribution in [2.24, 2.45) is 5.73 Å². The summed E-state index contributed by atoms with van der Waals surface area (Å²) in [4.78, 5) is 0. The fraction of sp³-hybridized carbons (Fsp3) is 0.333. The van der Waals surface area contributed by atoms with Crippen LogP contribution in [-0.2, 0) is 0 Å². The lowest BCUT2D eigenvalue weighted by Gasteiger charge is -2.09. The first kappa shape index (κ1) is 9.13. The molecule has 0 fully saturated rings. The molecule has 0 saturated carbocycles. The van der Waals surface area contributed by atoms with Crippen LogP contribution in [0.3, 0.4) is 0 Å². The summed E-state index contributed by atoms with van der Waals surface area (Å²) in [6.45, 7) is 2.17. The topological polar surface area (TPSA) is 26.0 Å². The Morgan fingerprint density at radius 1 is 1.42 bits per heavy atom. The van der Waals surface area contributed by atoms with Crippen LogP contribution >= 0.6 is 0 Å². The Morgan fingerprint density at radius 2 is 2.08 bits per heavy atom. The first-order chi connectivity index (χ1) is 5.65. The zero-order valence-corrected chi connectivity index (χ0v) is 6.85. The van der Waals surface area contributed by atoms with E-state index >= 15 is 0 Å². The fourth-order valence-electron chi connectivity index (χ4n) is 1.03. The number of rotatable bonds is 2. The summed E-state index contributed by atoms with van der Waals surface area (Å²) in [5, 5.41) is 0. The lowest BCUT2D eigenvalue weighted by molar-refractivity contribution is 0.560. The smallest absolute Gasteiger partial charge is 0.129 e. The van der Waals surface area contributed by atoms with Crippen molar-refractivity contribution >= 4 is 0 Å². The van der Waals surface area contributed by atoms with Gasteiger partial charge in [-0.3, -0.25) is 0 Å². The summed E-state index contributed by atoms with van der Waals surface area (Å²) in [7, 11) is 0. The van der Waals surface area contributed by atoms with E-state index in [1.165, 1.54) is 12.1 Å². The molecule has 3 heteroatoms. The largest absolute Gasteiger partial charge is 0.330 e. The molecule has 1 atom stereocenters. The van der Waals surface area contributed by atoms with Gasteiger partial charge in [-0.2, -0.15) is 0 Å². The minimum absolute atomic E-state index is 0.0643. The maximum atomic E-state index is 13.0. The molecule has 0 aromatic heterocycles. The van der Waals surface area contributed by atoms with Crippen LogP contribution in [0.1, 0.15) is 18.4 Å². The summed E-state index contributed by atoms with van der Waals surface area (Å²) in [5.74, 6) is -1.14. The van der Waals surface area contributed by atoms with Gasteiger partial charge in [0.1, 0.15) is 11.6 Å².